The molecular formula is C20H18F4N2O5S. The van der Waals surface area contributed by atoms with Gasteiger partial charge in [-0.25, -0.2) is 12.8 Å². The highest BCUT2D eigenvalue weighted by atomic mass is 32.2. The minimum atomic E-state index is -4.83. The number of rotatable bonds is 6. The molecule has 1 N–H and O–H groups in total. The summed E-state index contributed by atoms with van der Waals surface area (Å²) in [6.45, 7) is -1.79. The molecule has 0 atom stereocenters. The van der Waals surface area contributed by atoms with E-state index in [2.05, 4.69) is 5.32 Å². The van der Waals surface area contributed by atoms with Crippen LogP contribution >= 0.6 is 0 Å². The number of sulfonamides is 1. The van der Waals surface area contributed by atoms with Crippen LogP contribution in [0.2, 0.25) is 0 Å². The summed E-state index contributed by atoms with van der Waals surface area (Å²) in [6, 6.07) is 7.31. The van der Waals surface area contributed by atoms with E-state index in [1.807, 2.05) is 0 Å². The molecule has 3 rings (SSSR count). The second kappa shape index (κ2) is 8.34. The van der Waals surface area contributed by atoms with E-state index in [9.17, 15) is 30.8 Å². The lowest BCUT2D eigenvalue weighted by Crippen LogP contribution is -2.38. The number of fused-ring (bicyclic) bond motifs is 1. The molecule has 0 saturated heterocycles. The summed E-state index contributed by atoms with van der Waals surface area (Å²) in [5, 5.41) is 2.61. The number of carbonyl (C=O) groups is 1. The fraction of sp³-hybridized carbons (Fsp3) is 0.250. The topological polar surface area (TPSA) is 88.9 Å². The van der Waals surface area contributed by atoms with Gasteiger partial charge in [-0.1, -0.05) is 0 Å². The minimum absolute atomic E-state index is 0.0280. The minimum Gasteiger partial charge on any atom is -0.495 e. The summed E-state index contributed by atoms with van der Waals surface area (Å²) in [5.74, 6) is -1.29. The number of nitrogens with zero attached hydrogens (tertiary/aromatic N) is 1. The Kier molecular flexibility index (Phi) is 6.09. The Morgan fingerprint density at radius 3 is 2.31 bits per heavy atom. The number of anilines is 1. The molecule has 172 valence electrons. The third-order valence-corrected chi connectivity index (χ3v) is 5.67. The lowest BCUT2D eigenvalue weighted by Gasteiger charge is -2.25. The third kappa shape index (κ3) is 4.64. The van der Waals surface area contributed by atoms with Crippen molar-refractivity contribution in [1.82, 2.24) is 5.32 Å². The molecule has 0 aliphatic heterocycles. The smallest absolute Gasteiger partial charge is 0.407 e. The van der Waals surface area contributed by atoms with Crippen molar-refractivity contribution in [3.63, 3.8) is 0 Å². The lowest BCUT2D eigenvalue weighted by molar-refractivity contribution is -0.117. The molecule has 7 nitrogen and oxygen atoms in total. The molecule has 2 aromatic carbocycles. The van der Waals surface area contributed by atoms with Gasteiger partial charge in [-0.15, -0.1) is 0 Å². The number of halogens is 4. The van der Waals surface area contributed by atoms with Crippen LogP contribution in [0.5, 0.6) is 5.75 Å². The van der Waals surface area contributed by atoms with Crippen LogP contribution in [0.3, 0.4) is 0 Å². The molecule has 32 heavy (non-hydrogen) atoms. The average molecular weight is 474 g/mol. The largest absolute Gasteiger partial charge is 0.495 e. The number of ether oxygens (including phenoxy) is 1. The zero-order valence-electron chi connectivity index (χ0n) is 17.1. The normalized spacial score (nSPS) is 12.1. The fourth-order valence-electron chi connectivity index (χ4n) is 3.17. The number of carbonyl (C=O) groups excluding carboxylic acids is 1. The molecule has 0 unspecified atom stereocenters. The van der Waals surface area contributed by atoms with E-state index in [1.165, 1.54) is 25.2 Å². The van der Waals surface area contributed by atoms with Crippen LogP contribution < -0.4 is 14.4 Å². The van der Waals surface area contributed by atoms with Crippen LogP contribution in [0.15, 0.2) is 40.8 Å². The Hall–Kier alpha value is -3.28. The monoisotopic (exact) mass is 474 g/mol. The molecule has 3 aromatic rings. The quantitative estimate of drug-likeness (QED) is 0.547. The van der Waals surface area contributed by atoms with Crippen molar-refractivity contribution < 1.29 is 39.9 Å². The van der Waals surface area contributed by atoms with Gasteiger partial charge < -0.3 is 14.5 Å². The van der Waals surface area contributed by atoms with Crippen LogP contribution in [0.1, 0.15) is 10.4 Å². The van der Waals surface area contributed by atoms with Crippen molar-refractivity contribution in [2.24, 2.45) is 0 Å². The average Bonchev–Trinajstić information content (AvgIpc) is 3.07. The Labute approximate surface area is 180 Å². The molecule has 0 aliphatic carbocycles. The number of alkyl halides is 3. The molecule has 0 spiro atoms. The van der Waals surface area contributed by atoms with Gasteiger partial charge in [0.05, 0.1) is 24.6 Å². The molecule has 1 amide bonds. The van der Waals surface area contributed by atoms with Crippen LogP contribution in [-0.4, -0.2) is 47.5 Å². The number of hydrogen-bond donors (Lipinski definition) is 1. The van der Waals surface area contributed by atoms with Gasteiger partial charge >= 0.3 is 6.18 Å². The van der Waals surface area contributed by atoms with E-state index < -0.39 is 40.2 Å². The highest BCUT2D eigenvalue weighted by Crippen LogP contribution is 2.41. The summed E-state index contributed by atoms with van der Waals surface area (Å²) >= 11 is 0. The first-order chi connectivity index (χ1) is 14.9. The first-order valence-electron chi connectivity index (χ1n) is 9.02. The van der Waals surface area contributed by atoms with Gasteiger partial charge in [-0.05, 0) is 30.3 Å². The summed E-state index contributed by atoms with van der Waals surface area (Å²) < 4.78 is 87.9. The SMILES string of the molecule is CNC(=O)c1c(-c2ccc(F)cc2)oc2cc(N(CC(F)(F)F)S(C)(=O)=O)c(OC)cc12. The van der Waals surface area contributed by atoms with Gasteiger partial charge in [0, 0.05) is 24.1 Å². The number of benzene rings is 2. The number of hydrogen-bond acceptors (Lipinski definition) is 5. The first-order valence-corrected chi connectivity index (χ1v) is 10.9. The number of furan rings is 1. The summed E-state index contributed by atoms with van der Waals surface area (Å²) in [7, 11) is -1.84. The molecule has 0 aliphatic rings. The van der Waals surface area contributed by atoms with Gasteiger partial charge in [0.1, 0.15) is 29.5 Å². The molecule has 0 bridgehead atoms. The van der Waals surface area contributed by atoms with E-state index in [-0.39, 0.29) is 32.3 Å². The molecule has 0 radical (unpaired) electrons. The van der Waals surface area contributed by atoms with E-state index >= 15 is 0 Å². The summed E-state index contributed by atoms with van der Waals surface area (Å²) in [6.07, 6.45) is -4.21. The van der Waals surface area contributed by atoms with Gasteiger partial charge in [0.15, 0.2) is 0 Å². The predicted octanol–water partition coefficient (Wildman–Crippen LogP) is 3.94. The van der Waals surface area contributed by atoms with Gasteiger partial charge in [0.2, 0.25) is 10.0 Å². The molecule has 12 heteroatoms. The Balaban J connectivity index is 2.33. The number of methoxy groups -OCH3 is 1. The summed E-state index contributed by atoms with van der Waals surface area (Å²) in [5.41, 5.74) is -0.116. The standard InChI is InChI=1S/C20H18F4N2O5S/c1-25-19(27)17-13-8-16(30-2)14(26(32(3,28)29)10-20(22,23)24)9-15(13)31-18(17)11-4-6-12(21)7-5-11/h4-9H,10H2,1-3H3,(H,25,27). The number of amides is 1. The summed E-state index contributed by atoms with van der Waals surface area (Å²) in [4.78, 5) is 12.6. The molecule has 0 saturated carbocycles. The molecule has 0 fully saturated rings. The maximum absolute atomic E-state index is 13.3. The van der Waals surface area contributed by atoms with Crippen LogP contribution in [0, 0.1) is 5.82 Å². The molecule has 1 heterocycles. The maximum atomic E-state index is 13.3. The van der Waals surface area contributed by atoms with Crippen molar-refractivity contribution in [2.75, 3.05) is 31.3 Å². The van der Waals surface area contributed by atoms with Crippen LogP contribution in [-0.2, 0) is 10.0 Å². The van der Waals surface area contributed by atoms with Crippen molar-refractivity contribution in [3.05, 3.63) is 47.8 Å². The predicted molar refractivity (Wildman–Crippen MR) is 110 cm³/mol. The van der Waals surface area contributed by atoms with Crippen molar-refractivity contribution in [2.45, 2.75) is 6.18 Å². The van der Waals surface area contributed by atoms with E-state index in [0.717, 1.165) is 25.3 Å². The van der Waals surface area contributed by atoms with Crippen LogP contribution in [0.4, 0.5) is 23.2 Å². The first kappa shape index (κ1) is 23.4. The Morgan fingerprint density at radius 2 is 1.81 bits per heavy atom. The van der Waals surface area contributed by atoms with Crippen molar-refractivity contribution in [3.8, 4) is 17.1 Å². The second-order valence-corrected chi connectivity index (χ2v) is 8.70. The zero-order chi connectivity index (χ0) is 23.8. The Bertz CT molecular complexity index is 1270. The third-order valence-electron chi connectivity index (χ3n) is 4.54. The van der Waals surface area contributed by atoms with E-state index in [1.54, 1.807) is 0 Å². The van der Waals surface area contributed by atoms with Crippen LogP contribution in [0.25, 0.3) is 22.3 Å². The van der Waals surface area contributed by atoms with Crippen molar-refractivity contribution >= 4 is 32.6 Å². The van der Waals surface area contributed by atoms with Crippen molar-refractivity contribution in [1.29, 1.82) is 0 Å². The Morgan fingerprint density at radius 1 is 1.19 bits per heavy atom. The number of nitrogens with one attached hydrogen (secondary N) is 1. The highest BCUT2D eigenvalue weighted by Gasteiger charge is 2.37. The fourth-order valence-corrected chi connectivity index (χ4v) is 4.05. The zero-order valence-corrected chi connectivity index (χ0v) is 17.9. The van der Waals surface area contributed by atoms with Gasteiger partial charge in [-0.3, -0.25) is 9.10 Å². The molecular weight excluding hydrogens is 456 g/mol. The molecule has 1 aromatic heterocycles. The maximum Gasteiger partial charge on any atom is 0.407 e. The van der Waals surface area contributed by atoms with Gasteiger partial charge in [0.25, 0.3) is 5.91 Å². The van der Waals surface area contributed by atoms with E-state index in [4.69, 9.17) is 9.15 Å². The highest BCUT2D eigenvalue weighted by molar-refractivity contribution is 7.92. The lowest BCUT2D eigenvalue weighted by atomic mass is 10.0. The van der Waals surface area contributed by atoms with E-state index in [0.29, 0.717) is 11.8 Å². The van der Waals surface area contributed by atoms with Gasteiger partial charge in [-0.2, -0.15) is 13.2 Å². The second-order valence-electron chi connectivity index (χ2n) is 6.80.